The van der Waals surface area contributed by atoms with Crippen molar-refractivity contribution in [2.75, 3.05) is 0 Å². The van der Waals surface area contributed by atoms with Crippen LogP contribution in [0.3, 0.4) is 0 Å². The SMILES string of the molecule is Cc1nc(CNC(=O)C2C(C(=O)O)C2(C)C)oc1C. The monoisotopic (exact) mass is 266 g/mol. The molecule has 104 valence electrons. The number of rotatable bonds is 4. The summed E-state index contributed by atoms with van der Waals surface area (Å²) in [7, 11) is 0. The minimum absolute atomic E-state index is 0.187. The third-order valence-electron chi connectivity index (χ3n) is 3.86. The molecule has 0 aromatic carbocycles. The van der Waals surface area contributed by atoms with Crippen molar-refractivity contribution in [3.63, 3.8) is 0 Å². The highest BCUT2D eigenvalue weighted by atomic mass is 16.4. The normalized spacial score (nSPS) is 24.0. The summed E-state index contributed by atoms with van der Waals surface area (Å²) in [5.41, 5.74) is 0.303. The molecule has 1 heterocycles. The fraction of sp³-hybridized carbons (Fsp3) is 0.615. The highest BCUT2D eigenvalue weighted by molar-refractivity contribution is 5.91. The smallest absolute Gasteiger partial charge is 0.307 e. The van der Waals surface area contributed by atoms with Crippen LogP contribution in [0.2, 0.25) is 0 Å². The lowest BCUT2D eigenvalue weighted by atomic mass is 10.1. The van der Waals surface area contributed by atoms with Crippen molar-refractivity contribution in [3.8, 4) is 0 Å². The molecule has 0 bridgehead atoms. The second-order valence-electron chi connectivity index (χ2n) is 5.58. The second-order valence-corrected chi connectivity index (χ2v) is 5.58. The van der Waals surface area contributed by atoms with Crippen molar-refractivity contribution < 1.29 is 19.1 Å². The van der Waals surface area contributed by atoms with Crippen molar-refractivity contribution in [3.05, 3.63) is 17.3 Å². The summed E-state index contributed by atoms with van der Waals surface area (Å²) in [6.45, 7) is 7.39. The molecule has 2 N–H and O–H groups in total. The maximum atomic E-state index is 12.0. The molecule has 0 spiro atoms. The second kappa shape index (κ2) is 4.36. The van der Waals surface area contributed by atoms with Crippen LogP contribution >= 0.6 is 0 Å². The molecule has 0 aliphatic heterocycles. The molecule has 2 unspecified atom stereocenters. The first-order valence-corrected chi connectivity index (χ1v) is 6.18. The maximum Gasteiger partial charge on any atom is 0.307 e. The minimum Gasteiger partial charge on any atom is -0.481 e. The Labute approximate surface area is 111 Å². The molecule has 1 amide bonds. The van der Waals surface area contributed by atoms with Crippen LogP contribution < -0.4 is 5.32 Å². The average Bonchev–Trinajstić information content (AvgIpc) is 2.74. The van der Waals surface area contributed by atoms with Crippen LogP contribution in [0.15, 0.2) is 4.42 Å². The number of hydrogen-bond acceptors (Lipinski definition) is 4. The van der Waals surface area contributed by atoms with E-state index >= 15 is 0 Å². The van der Waals surface area contributed by atoms with E-state index in [1.807, 2.05) is 6.92 Å². The number of aromatic nitrogens is 1. The van der Waals surface area contributed by atoms with Crippen molar-refractivity contribution in [1.82, 2.24) is 10.3 Å². The number of hydrogen-bond donors (Lipinski definition) is 2. The molecule has 6 nitrogen and oxygen atoms in total. The van der Waals surface area contributed by atoms with Crippen LogP contribution in [0.5, 0.6) is 0 Å². The van der Waals surface area contributed by atoms with Gasteiger partial charge in [-0.25, -0.2) is 4.98 Å². The molecule has 1 aliphatic rings. The Balaban J connectivity index is 1.94. The number of aliphatic carboxylic acids is 1. The van der Waals surface area contributed by atoms with E-state index in [0.29, 0.717) is 5.89 Å². The lowest BCUT2D eigenvalue weighted by Gasteiger charge is -2.03. The van der Waals surface area contributed by atoms with Crippen LogP contribution in [0, 0.1) is 31.1 Å². The van der Waals surface area contributed by atoms with Gasteiger partial charge in [0.25, 0.3) is 0 Å². The fourth-order valence-corrected chi connectivity index (χ4v) is 2.48. The van der Waals surface area contributed by atoms with E-state index in [2.05, 4.69) is 10.3 Å². The van der Waals surface area contributed by atoms with Gasteiger partial charge in [0.05, 0.1) is 24.1 Å². The Morgan fingerprint density at radius 1 is 1.37 bits per heavy atom. The van der Waals surface area contributed by atoms with Crippen LogP contribution in [-0.4, -0.2) is 22.0 Å². The van der Waals surface area contributed by atoms with Crippen molar-refractivity contribution >= 4 is 11.9 Å². The molecule has 1 aromatic heterocycles. The van der Waals surface area contributed by atoms with E-state index in [-0.39, 0.29) is 12.5 Å². The Morgan fingerprint density at radius 3 is 2.42 bits per heavy atom. The number of oxazole rings is 1. The number of carbonyl (C=O) groups is 2. The first-order chi connectivity index (χ1) is 8.75. The number of carboxylic acid groups (broad SMARTS) is 1. The molecule has 1 fully saturated rings. The summed E-state index contributed by atoms with van der Waals surface area (Å²) in [6.07, 6.45) is 0. The van der Waals surface area contributed by atoms with Gasteiger partial charge in [-0.2, -0.15) is 0 Å². The molecule has 0 saturated heterocycles. The first-order valence-electron chi connectivity index (χ1n) is 6.18. The highest BCUT2D eigenvalue weighted by Crippen LogP contribution is 2.58. The molecule has 1 aliphatic carbocycles. The van der Waals surface area contributed by atoms with E-state index in [0.717, 1.165) is 11.5 Å². The Kier molecular flexibility index (Phi) is 3.12. The van der Waals surface area contributed by atoms with Gasteiger partial charge in [0.15, 0.2) is 0 Å². The lowest BCUT2D eigenvalue weighted by molar-refractivity contribution is -0.140. The van der Waals surface area contributed by atoms with Gasteiger partial charge in [-0.15, -0.1) is 0 Å². The van der Waals surface area contributed by atoms with Gasteiger partial charge in [0.1, 0.15) is 5.76 Å². The topological polar surface area (TPSA) is 92.4 Å². The third kappa shape index (κ3) is 2.34. The average molecular weight is 266 g/mol. The number of nitrogens with one attached hydrogen (secondary N) is 1. The fourth-order valence-electron chi connectivity index (χ4n) is 2.48. The predicted octanol–water partition coefficient (Wildman–Crippen LogP) is 1.26. The number of nitrogens with zero attached hydrogens (tertiary/aromatic N) is 1. The number of carboxylic acids is 1. The van der Waals surface area contributed by atoms with Crippen LogP contribution in [0.25, 0.3) is 0 Å². The molecule has 2 atom stereocenters. The Bertz CT molecular complexity index is 513. The van der Waals surface area contributed by atoms with Gasteiger partial charge in [-0.05, 0) is 19.3 Å². The van der Waals surface area contributed by atoms with Crippen molar-refractivity contribution in [2.45, 2.75) is 34.2 Å². The number of carbonyl (C=O) groups excluding carboxylic acids is 1. The Hall–Kier alpha value is -1.85. The number of amides is 1. The van der Waals surface area contributed by atoms with E-state index in [1.54, 1.807) is 20.8 Å². The molecule has 19 heavy (non-hydrogen) atoms. The summed E-state index contributed by atoms with van der Waals surface area (Å²) in [6, 6.07) is 0. The van der Waals surface area contributed by atoms with Crippen molar-refractivity contribution in [1.29, 1.82) is 0 Å². The van der Waals surface area contributed by atoms with Crippen LogP contribution in [-0.2, 0) is 16.1 Å². The summed E-state index contributed by atoms with van der Waals surface area (Å²) in [4.78, 5) is 27.1. The van der Waals surface area contributed by atoms with Crippen molar-refractivity contribution in [2.24, 2.45) is 17.3 Å². The summed E-state index contributed by atoms with van der Waals surface area (Å²) in [5, 5.41) is 11.7. The van der Waals surface area contributed by atoms with Gasteiger partial charge >= 0.3 is 5.97 Å². The quantitative estimate of drug-likeness (QED) is 0.856. The van der Waals surface area contributed by atoms with E-state index in [1.165, 1.54) is 0 Å². The highest BCUT2D eigenvalue weighted by Gasteiger charge is 2.65. The summed E-state index contributed by atoms with van der Waals surface area (Å²) < 4.78 is 5.35. The van der Waals surface area contributed by atoms with Gasteiger partial charge in [0, 0.05) is 0 Å². The van der Waals surface area contributed by atoms with Gasteiger partial charge < -0.3 is 14.8 Å². The molecular formula is C13H18N2O4. The zero-order valence-electron chi connectivity index (χ0n) is 11.5. The maximum absolute atomic E-state index is 12.0. The van der Waals surface area contributed by atoms with E-state index < -0.39 is 23.2 Å². The summed E-state index contributed by atoms with van der Waals surface area (Å²) in [5.74, 6) is -1.12. The van der Waals surface area contributed by atoms with Gasteiger partial charge in [0.2, 0.25) is 11.8 Å². The largest absolute Gasteiger partial charge is 0.481 e. The molecule has 1 aromatic rings. The molecule has 6 heteroatoms. The lowest BCUT2D eigenvalue weighted by Crippen LogP contribution is -2.27. The summed E-state index contributed by atoms with van der Waals surface area (Å²) >= 11 is 0. The van der Waals surface area contributed by atoms with E-state index in [9.17, 15) is 9.59 Å². The van der Waals surface area contributed by atoms with Crippen LogP contribution in [0.4, 0.5) is 0 Å². The Morgan fingerprint density at radius 2 is 2.00 bits per heavy atom. The third-order valence-corrected chi connectivity index (χ3v) is 3.86. The van der Waals surface area contributed by atoms with E-state index in [4.69, 9.17) is 9.52 Å². The molecule has 0 radical (unpaired) electrons. The van der Waals surface area contributed by atoms with Crippen LogP contribution in [0.1, 0.15) is 31.2 Å². The first kappa shape index (κ1) is 13.6. The predicted molar refractivity (Wildman–Crippen MR) is 66.2 cm³/mol. The van der Waals surface area contributed by atoms with Gasteiger partial charge in [-0.1, -0.05) is 13.8 Å². The zero-order chi connectivity index (χ0) is 14.4. The van der Waals surface area contributed by atoms with Gasteiger partial charge in [-0.3, -0.25) is 9.59 Å². The zero-order valence-corrected chi connectivity index (χ0v) is 11.5. The standard InChI is InChI=1S/C13H18N2O4/c1-6-7(2)19-8(15-6)5-14-11(16)9-10(12(17)18)13(9,3)4/h9-10H,5H2,1-4H3,(H,14,16)(H,17,18). The molecule has 2 rings (SSSR count). The molecule has 1 saturated carbocycles. The molecular weight excluding hydrogens is 248 g/mol. The number of aryl methyl sites for hydroxylation is 2. The minimum atomic E-state index is -0.923.